The van der Waals surface area contributed by atoms with Crippen LogP contribution in [0.2, 0.25) is 5.15 Å². The molecule has 0 bridgehead atoms. The third kappa shape index (κ3) is 3.14. The molecule has 2 rings (SSSR count). The maximum Gasteiger partial charge on any atom is 0.169 e. The Kier molecular flexibility index (Phi) is 3.92. The van der Waals surface area contributed by atoms with E-state index in [4.69, 9.17) is 11.6 Å². The number of ketones is 1. The molecule has 0 unspecified atom stereocenters. The third-order valence-electron chi connectivity index (χ3n) is 2.45. The van der Waals surface area contributed by atoms with E-state index in [0.717, 1.165) is 11.3 Å². The summed E-state index contributed by atoms with van der Waals surface area (Å²) < 4.78 is 0. The first-order chi connectivity index (χ1) is 8.19. The minimum Gasteiger partial charge on any atom is -0.294 e. The van der Waals surface area contributed by atoms with Gasteiger partial charge in [0, 0.05) is 27.9 Å². The topological polar surface area (TPSA) is 30.0 Å². The second-order valence-corrected chi connectivity index (χ2v) is 5.33. The molecule has 0 aliphatic heterocycles. The van der Waals surface area contributed by atoms with Gasteiger partial charge in [-0.15, -0.1) is 11.3 Å². The van der Waals surface area contributed by atoms with Gasteiger partial charge in [0.2, 0.25) is 0 Å². The molecule has 0 saturated carbocycles. The van der Waals surface area contributed by atoms with Crippen LogP contribution in [-0.2, 0) is 12.8 Å². The van der Waals surface area contributed by atoms with E-state index >= 15 is 0 Å². The van der Waals surface area contributed by atoms with Crippen LogP contribution in [0.3, 0.4) is 0 Å². The van der Waals surface area contributed by atoms with Crippen LogP contribution < -0.4 is 0 Å². The summed E-state index contributed by atoms with van der Waals surface area (Å²) in [4.78, 5) is 18.3. The highest BCUT2D eigenvalue weighted by Gasteiger charge is 2.09. The molecular weight excluding hydrogens is 254 g/mol. The number of carbonyl (C=O) groups is 1. The molecule has 0 aliphatic rings. The van der Waals surface area contributed by atoms with E-state index in [1.807, 2.05) is 6.07 Å². The highest BCUT2D eigenvalue weighted by molar-refractivity contribution is 7.12. The molecule has 0 amide bonds. The van der Waals surface area contributed by atoms with E-state index in [1.54, 1.807) is 23.5 Å². The molecule has 0 radical (unpaired) electrons. The Hall–Kier alpha value is -1.19. The van der Waals surface area contributed by atoms with Crippen LogP contribution in [0, 0.1) is 0 Å². The largest absolute Gasteiger partial charge is 0.294 e. The fourth-order valence-corrected chi connectivity index (χ4v) is 2.58. The number of nitrogens with zero attached hydrogens (tertiary/aromatic N) is 1. The number of halogens is 1. The van der Waals surface area contributed by atoms with Crippen molar-refractivity contribution < 1.29 is 4.79 Å². The number of hydrogen-bond acceptors (Lipinski definition) is 3. The summed E-state index contributed by atoms with van der Waals surface area (Å²) in [5, 5.41) is 0.408. The summed E-state index contributed by atoms with van der Waals surface area (Å²) in [6.07, 6.45) is 2.98. The molecule has 0 spiro atoms. The molecule has 0 saturated heterocycles. The number of aryl methyl sites for hydroxylation is 1. The predicted octanol–water partition coefficient (Wildman–Crippen LogP) is 3.78. The molecule has 0 atom stereocenters. The van der Waals surface area contributed by atoms with Gasteiger partial charge in [0.1, 0.15) is 5.15 Å². The Bertz CT molecular complexity index is 518. The summed E-state index contributed by atoms with van der Waals surface area (Å²) in [5.74, 6) is 0.0821. The number of Topliss-reactive ketones (excluding diaryl/α,β-unsaturated/α-hetero) is 1. The molecule has 0 aromatic carbocycles. The van der Waals surface area contributed by atoms with Crippen molar-refractivity contribution in [2.24, 2.45) is 0 Å². The summed E-state index contributed by atoms with van der Waals surface area (Å²) in [6.45, 7) is 2.11. The molecule has 2 aromatic rings. The molecule has 0 fully saturated rings. The van der Waals surface area contributed by atoms with Gasteiger partial charge in [-0.1, -0.05) is 18.5 Å². The van der Waals surface area contributed by atoms with E-state index in [-0.39, 0.29) is 5.78 Å². The molecule has 4 heteroatoms. The lowest BCUT2D eigenvalue weighted by molar-refractivity contribution is 0.0993. The molecule has 2 aromatic heterocycles. The zero-order valence-electron chi connectivity index (χ0n) is 9.44. The van der Waals surface area contributed by atoms with Crippen LogP contribution in [0.4, 0.5) is 0 Å². The molecule has 2 nitrogen and oxygen atoms in total. The fourth-order valence-electron chi connectivity index (χ4n) is 1.51. The lowest BCUT2D eigenvalue weighted by Crippen LogP contribution is -2.02. The molecule has 88 valence electrons. The Morgan fingerprint density at radius 3 is 2.65 bits per heavy atom. The minimum absolute atomic E-state index is 0.0821. The molecule has 0 N–H and O–H groups in total. The number of aromatic nitrogens is 1. The molecular formula is C13H12ClNOS. The van der Waals surface area contributed by atoms with Crippen LogP contribution in [0.5, 0.6) is 0 Å². The summed E-state index contributed by atoms with van der Waals surface area (Å²) in [7, 11) is 0. The maximum absolute atomic E-state index is 11.9. The van der Waals surface area contributed by atoms with Crippen molar-refractivity contribution in [2.75, 3.05) is 0 Å². The molecule has 2 heterocycles. The van der Waals surface area contributed by atoms with Gasteiger partial charge in [0.05, 0.1) is 0 Å². The van der Waals surface area contributed by atoms with Crippen LogP contribution in [0.1, 0.15) is 27.0 Å². The first-order valence-electron chi connectivity index (χ1n) is 5.41. The van der Waals surface area contributed by atoms with Crippen molar-refractivity contribution in [3.63, 3.8) is 0 Å². The smallest absolute Gasteiger partial charge is 0.169 e. The lowest BCUT2D eigenvalue weighted by atomic mass is 10.1. The highest BCUT2D eigenvalue weighted by atomic mass is 35.5. The standard InChI is InChI=1S/C13H12ClNOS/c1-2-10-4-5-11(17-10)7-12(16)9-3-6-13(14)15-8-9/h3-6,8H,2,7H2,1H3. The second-order valence-electron chi connectivity index (χ2n) is 3.69. The van der Waals surface area contributed by atoms with E-state index in [9.17, 15) is 4.79 Å². The van der Waals surface area contributed by atoms with E-state index in [1.165, 1.54) is 11.1 Å². The number of rotatable bonds is 4. The first kappa shape index (κ1) is 12.3. The summed E-state index contributed by atoms with van der Waals surface area (Å²) in [5.41, 5.74) is 0.612. The highest BCUT2D eigenvalue weighted by Crippen LogP contribution is 2.19. The van der Waals surface area contributed by atoms with Crippen molar-refractivity contribution in [2.45, 2.75) is 19.8 Å². The Labute approximate surface area is 109 Å². The van der Waals surface area contributed by atoms with Gasteiger partial charge in [-0.05, 0) is 30.7 Å². The zero-order valence-corrected chi connectivity index (χ0v) is 11.0. The van der Waals surface area contributed by atoms with Crippen LogP contribution in [0.25, 0.3) is 0 Å². The predicted molar refractivity (Wildman–Crippen MR) is 71.0 cm³/mol. The van der Waals surface area contributed by atoms with Gasteiger partial charge < -0.3 is 0 Å². The SMILES string of the molecule is CCc1ccc(CC(=O)c2ccc(Cl)nc2)s1. The Morgan fingerprint density at radius 2 is 2.06 bits per heavy atom. The fraction of sp³-hybridized carbons (Fsp3) is 0.231. The average molecular weight is 266 g/mol. The quantitative estimate of drug-likeness (QED) is 0.622. The van der Waals surface area contributed by atoms with Crippen LogP contribution in [-0.4, -0.2) is 10.8 Å². The van der Waals surface area contributed by atoms with Crippen molar-refractivity contribution in [1.82, 2.24) is 4.98 Å². The number of pyridine rings is 1. The van der Waals surface area contributed by atoms with Crippen LogP contribution >= 0.6 is 22.9 Å². The van der Waals surface area contributed by atoms with Crippen molar-refractivity contribution >= 4 is 28.7 Å². The minimum atomic E-state index is 0.0821. The van der Waals surface area contributed by atoms with E-state index in [0.29, 0.717) is 17.1 Å². The Balaban J connectivity index is 2.08. The first-order valence-corrected chi connectivity index (χ1v) is 6.61. The number of hydrogen-bond donors (Lipinski definition) is 0. The maximum atomic E-state index is 11.9. The third-order valence-corrected chi connectivity index (χ3v) is 3.90. The normalized spacial score (nSPS) is 10.5. The van der Waals surface area contributed by atoms with Gasteiger partial charge in [-0.25, -0.2) is 4.98 Å². The van der Waals surface area contributed by atoms with E-state index < -0.39 is 0 Å². The van der Waals surface area contributed by atoms with Crippen LogP contribution in [0.15, 0.2) is 30.5 Å². The van der Waals surface area contributed by atoms with Gasteiger partial charge in [-0.2, -0.15) is 0 Å². The number of thiophene rings is 1. The molecule has 0 aliphatic carbocycles. The molecule has 17 heavy (non-hydrogen) atoms. The van der Waals surface area contributed by atoms with Crippen molar-refractivity contribution in [1.29, 1.82) is 0 Å². The zero-order chi connectivity index (χ0) is 12.3. The van der Waals surface area contributed by atoms with Crippen molar-refractivity contribution in [3.05, 3.63) is 50.9 Å². The number of carbonyl (C=O) groups excluding carboxylic acids is 1. The van der Waals surface area contributed by atoms with Crippen molar-refractivity contribution in [3.8, 4) is 0 Å². The van der Waals surface area contributed by atoms with Gasteiger partial charge in [0.15, 0.2) is 5.78 Å². The summed E-state index contributed by atoms with van der Waals surface area (Å²) in [6, 6.07) is 7.45. The average Bonchev–Trinajstić information content (AvgIpc) is 2.77. The Morgan fingerprint density at radius 1 is 1.29 bits per heavy atom. The summed E-state index contributed by atoms with van der Waals surface area (Å²) >= 11 is 7.37. The van der Waals surface area contributed by atoms with E-state index in [2.05, 4.69) is 18.0 Å². The lowest BCUT2D eigenvalue weighted by Gasteiger charge is -1.98. The second kappa shape index (κ2) is 5.43. The monoisotopic (exact) mass is 265 g/mol. The van der Waals surface area contributed by atoms with Gasteiger partial charge in [-0.3, -0.25) is 4.79 Å². The van der Waals surface area contributed by atoms with Gasteiger partial charge in [0.25, 0.3) is 0 Å². The van der Waals surface area contributed by atoms with Gasteiger partial charge >= 0.3 is 0 Å².